The fraction of sp³-hybridized carbons (Fsp3) is 0.435. The summed E-state index contributed by atoms with van der Waals surface area (Å²) >= 11 is 1.65. The highest BCUT2D eigenvalue weighted by Gasteiger charge is 2.27. The van der Waals surface area contributed by atoms with Gasteiger partial charge in [0.05, 0.1) is 12.0 Å². The smallest absolute Gasteiger partial charge is 0.167 e. The zero-order valence-corrected chi connectivity index (χ0v) is 17.5. The van der Waals surface area contributed by atoms with Crippen molar-refractivity contribution in [3.63, 3.8) is 0 Å². The molecule has 1 aromatic heterocycles. The number of hydrogen-bond acceptors (Lipinski definition) is 5. The number of hydrogen-bond donors (Lipinski definition) is 1. The standard InChI is InChI=1S/C23H27NO3S/c1-23(2,26)12-11-20-9-10-21(28-20)16-24-13-5-7-18(15-24)22(25)17-6-4-8-19(14-17)27-3/h4,6,8-10,14,18,26H,5,7,13,15-16H2,1-3H3/t18-/m0/s1. The lowest BCUT2D eigenvalue weighted by Gasteiger charge is -2.31. The van der Waals surface area contributed by atoms with Crippen LogP contribution in [0.3, 0.4) is 0 Å². The summed E-state index contributed by atoms with van der Waals surface area (Å²) in [5.74, 6) is 6.83. The first-order chi connectivity index (χ1) is 13.3. The number of rotatable bonds is 5. The van der Waals surface area contributed by atoms with Gasteiger partial charge < -0.3 is 9.84 Å². The summed E-state index contributed by atoms with van der Waals surface area (Å²) in [5.41, 5.74) is -0.253. The fourth-order valence-corrected chi connectivity index (χ4v) is 4.29. The first kappa shape index (κ1) is 20.6. The van der Waals surface area contributed by atoms with Crippen LogP contribution >= 0.6 is 11.3 Å². The third-order valence-electron chi connectivity index (χ3n) is 4.76. The molecule has 2 heterocycles. The zero-order chi connectivity index (χ0) is 20.1. The molecule has 5 heteroatoms. The van der Waals surface area contributed by atoms with Gasteiger partial charge in [-0.25, -0.2) is 0 Å². The lowest BCUT2D eigenvalue weighted by Crippen LogP contribution is -2.38. The summed E-state index contributed by atoms with van der Waals surface area (Å²) < 4.78 is 5.25. The number of thiophene rings is 1. The van der Waals surface area contributed by atoms with E-state index in [4.69, 9.17) is 4.74 Å². The fourth-order valence-electron chi connectivity index (χ4n) is 3.39. The van der Waals surface area contributed by atoms with Gasteiger partial charge in [0.1, 0.15) is 11.4 Å². The molecule has 0 aliphatic carbocycles. The van der Waals surface area contributed by atoms with Crippen molar-refractivity contribution in [3.8, 4) is 17.6 Å². The van der Waals surface area contributed by atoms with Crippen LogP contribution < -0.4 is 4.74 Å². The summed E-state index contributed by atoms with van der Waals surface area (Å²) in [6, 6.07) is 11.5. The Morgan fingerprint density at radius 2 is 2.18 bits per heavy atom. The molecule has 1 fully saturated rings. The van der Waals surface area contributed by atoms with Gasteiger partial charge in [0, 0.05) is 29.4 Å². The number of carbonyl (C=O) groups is 1. The highest BCUT2D eigenvalue weighted by atomic mass is 32.1. The summed E-state index contributed by atoms with van der Waals surface area (Å²) in [6.07, 6.45) is 1.95. The molecule has 0 amide bonds. The number of nitrogens with zero attached hydrogens (tertiary/aromatic N) is 1. The van der Waals surface area contributed by atoms with Crippen molar-refractivity contribution in [2.24, 2.45) is 5.92 Å². The number of likely N-dealkylation sites (tertiary alicyclic amines) is 1. The maximum absolute atomic E-state index is 12.9. The number of piperidine rings is 1. The highest BCUT2D eigenvalue weighted by molar-refractivity contribution is 7.12. The van der Waals surface area contributed by atoms with Gasteiger partial charge in [-0.2, -0.15) is 0 Å². The van der Waals surface area contributed by atoms with Gasteiger partial charge in [0.2, 0.25) is 0 Å². The van der Waals surface area contributed by atoms with Crippen molar-refractivity contribution in [2.75, 3.05) is 20.2 Å². The van der Waals surface area contributed by atoms with E-state index in [1.54, 1.807) is 32.3 Å². The summed E-state index contributed by atoms with van der Waals surface area (Å²) in [5, 5.41) is 9.74. The molecular formula is C23H27NO3S. The molecule has 1 atom stereocenters. The predicted octanol–water partition coefficient (Wildman–Crippen LogP) is 3.97. The average molecular weight is 398 g/mol. The molecule has 1 aliphatic heterocycles. The molecule has 1 N–H and O–H groups in total. The number of carbonyl (C=O) groups excluding carboxylic acids is 1. The lowest BCUT2D eigenvalue weighted by molar-refractivity contribution is 0.0812. The molecule has 0 spiro atoms. The molecule has 4 nitrogen and oxygen atoms in total. The van der Waals surface area contributed by atoms with Gasteiger partial charge in [-0.05, 0) is 57.5 Å². The summed E-state index contributed by atoms with van der Waals surface area (Å²) in [4.78, 5) is 17.5. The van der Waals surface area contributed by atoms with Crippen molar-refractivity contribution in [3.05, 3.63) is 51.7 Å². The number of methoxy groups -OCH3 is 1. The molecule has 0 bridgehead atoms. The zero-order valence-electron chi connectivity index (χ0n) is 16.7. The van der Waals surface area contributed by atoms with Crippen molar-refractivity contribution in [1.82, 2.24) is 4.90 Å². The monoisotopic (exact) mass is 397 g/mol. The van der Waals surface area contributed by atoms with Crippen LogP contribution in [0.1, 0.15) is 46.8 Å². The highest BCUT2D eigenvalue weighted by Crippen LogP contribution is 2.25. The van der Waals surface area contributed by atoms with E-state index in [1.165, 1.54) is 4.88 Å². The minimum Gasteiger partial charge on any atom is -0.497 e. The molecule has 148 valence electrons. The molecule has 1 aromatic carbocycles. The summed E-state index contributed by atoms with van der Waals surface area (Å²) in [6.45, 7) is 5.98. The molecule has 3 rings (SSSR count). The molecule has 0 unspecified atom stereocenters. The second-order valence-electron chi connectivity index (χ2n) is 7.75. The van der Waals surface area contributed by atoms with Crippen LogP contribution in [-0.4, -0.2) is 41.6 Å². The average Bonchev–Trinajstić information content (AvgIpc) is 3.13. The molecule has 1 aliphatic rings. The Morgan fingerprint density at radius 3 is 2.93 bits per heavy atom. The first-order valence-corrected chi connectivity index (χ1v) is 10.4. The van der Waals surface area contributed by atoms with Gasteiger partial charge in [0.25, 0.3) is 0 Å². The van der Waals surface area contributed by atoms with Crippen LogP contribution in [0.5, 0.6) is 5.75 Å². The molecule has 2 aromatic rings. The Hall–Kier alpha value is -2.13. The Kier molecular flexibility index (Phi) is 6.56. The van der Waals surface area contributed by atoms with Crippen LogP contribution in [0.15, 0.2) is 36.4 Å². The summed E-state index contributed by atoms with van der Waals surface area (Å²) in [7, 11) is 1.62. The van der Waals surface area contributed by atoms with Gasteiger partial charge >= 0.3 is 0 Å². The molecule has 28 heavy (non-hydrogen) atoms. The second kappa shape index (κ2) is 8.91. The van der Waals surface area contributed by atoms with E-state index >= 15 is 0 Å². The third kappa shape index (κ3) is 5.68. The number of Topliss-reactive ketones (excluding diaryl/α,β-unsaturated/α-hetero) is 1. The van der Waals surface area contributed by atoms with Crippen LogP contribution in [0.4, 0.5) is 0 Å². The van der Waals surface area contributed by atoms with E-state index in [9.17, 15) is 9.90 Å². The van der Waals surface area contributed by atoms with Crippen LogP contribution in [-0.2, 0) is 6.54 Å². The second-order valence-corrected chi connectivity index (χ2v) is 8.91. The van der Waals surface area contributed by atoms with E-state index in [1.807, 2.05) is 30.3 Å². The van der Waals surface area contributed by atoms with Crippen LogP contribution in [0.2, 0.25) is 0 Å². The lowest BCUT2D eigenvalue weighted by atomic mass is 9.90. The Balaban J connectivity index is 1.63. The van der Waals surface area contributed by atoms with Gasteiger partial charge in [-0.3, -0.25) is 9.69 Å². The van der Waals surface area contributed by atoms with Crippen molar-refractivity contribution >= 4 is 17.1 Å². The van der Waals surface area contributed by atoms with Crippen molar-refractivity contribution < 1.29 is 14.6 Å². The quantitative estimate of drug-likeness (QED) is 0.613. The van der Waals surface area contributed by atoms with Gasteiger partial charge in [-0.15, -0.1) is 11.3 Å². The maximum atomic E-state index is 12.9. The van der Waals surface area contributed by atoms with Crippen molar-refractivity contribution in [2.45, 2.75) is 38.8 Å². The van der Waals surface area contributed by atoms with E-state index in [-0.39, 0.29) is 11.7 Å². The largest absolute Gasteiger partial charge is 0.497 e. The van der Waals surface area contributed by atoms with Crippen molar-refractivity contribution in [1.29, 1.82) is 0 Å². The van der Waals surface area contributed by atoms with Crippen LogP contribution in [0, 0.1) is 17.8 Å². The number of ether oxygens (including phenoxy) is 1. The van der Waals surface area contributed by atoms with Crippen LogP contribution in [0.25, 0.3) is 0 Å². The topological polar surface area (TPSA) is 49.8 Å². The van der Waals surface area contributed by atoms with E-state index in [2.05, 4.69) is 22.8 Å². The Morgan fingerprint density at radius 1 is 1.36 bits per heavy atom. The van der Waals surface area contributed by atoms with E-state index < -0.39 is 5.60 Å². The third-order valence-corrected chi connectivity index (χ3v) is 5.75. The molecule has 1 saturated heterocycles. The number of benzene rings is 1. The maximum Gasteiger partial charge on any atom is 0.167 e. The molecule has 0 saturated carbocycles. The number of aliphatic hydroxyl groups is 1. The first-order valence-electron chi connectivity index (χ1n) is 9.59. The predicted molar refractivity (Wildman–Crippen MR) is 113 cm³/mol. The minimum atomic E-state index is -0.981. The van der Waals surface area contributed by atoms with Gasteiger partial charge in [-0.1, -0.05) is 24.0 Å². The Labute approximate surface area is 171 Å². The minimum absolute atomic E-state index is 0.0234. The van der Waals surface area contributed by atoms with E-state index in [0.29, 0.717) is 0 Å². The van der Waals surface area contributed by atoms with Gasteiger partial charge in [0.15, 0.2) is 5.78 Å². The normalized spacial score (nSPS) is 17.6. The molecular weight excluding hydrogens is 370 g/mol. The number of ketones is 1. The molecule has 0 radical (unpaired) electrons. The SMILES string of the molecule is COc1cccc(C(=O)[C@H]2CCCN(Cc3ccc(C#CC(C)(C)O)s3)C2)c1. The van der Waals surface area contributed by atoms with E-state index in [0.717, 1.165) is 48.7 Å². The Bertz CT molecular complexity index is 885.